The minimum atomic E-state index is 0.403. The topological polar surface area (TPSA) is 63.1 Å². The molecule has 2 aromatic heterocycles. The predicted octanol–water partition coefficient (Wildman–Crippen LogP) is 2.39. The molecule has 0 radical (unpaired) electrons. The van der Waals surface area contributed by atoms with Crippen molar-refractivity contribution in [2.45, 2.75) is 33.4 Å². The Morgan fingerprint density at radius 2 is 2.39 bits per heavy atom. The van der Waals surface area contributed by atoms with Crippen LogP contribution in [0.15, 0.2) is 22.8 Å². The van der Waals surface area contributed by atoms with Crippen LogP contribution >= 0.6 is 0 Å². The van der Waals surface area contributed by atoms with Crippen LogP contribution in [0.5, 0.6) is 5.88 Å². The van der Waals surface area contributed by atoms with Crippen molar-refractivity contribution in [3.05, 3.63) is 35.4 Å². The Hall–Kier alpha value is -1.75. The fourth-order valence-electron chi connectivity index (χ4n) is 1.66. The van der Waals surface area contributed by atoms with E-state index in [0.717, 1.165) is 36.5 Å². The summed E-state index contributed by atoms with van der Waals surface area (Å²) in [7, 11) is 0. The van der Waals surface area contributed by atoms with Crippen molar-refractivity contribution >= 4 is 0 Å². The fraction of sp³-hybridized carbons (Fsp3) is 0.462. The van der Waals surface area contributed by atoms with Gasteiger partial charge in [0.05, 0.1) is 6.26 Å². The highest BCUT2D eigenvalue weighted by atomic mass is 16.5. The van der Waals surface area contributed by atoms with Gasteiger partial charge in [-0.05, 0) is 26.0 Å². The third kappa shape index (κ3) is 3.37. The lowest BCUT2D eigenvalue weighted by Crippen LogP contribution is -2.14. The van der Waals surface area contributed by atoms with Crippen LogP contribution in [-0.4, -0.2) is 16.7 Å². The molecule has 2 rings (SSSR count). The Balaban J connectivity index is 1.87. The van der Waals surface area contributed by atoms with Gasteiger partial charge in [-0.2, -0.15) is 0 Å². The maximum absolute atomic E-state index is 5.55. The molecule has 0 aliphatic rings. The van der Waals surface area contributed by atoms with Gasteiger partial charge in [-0.3, -0.25) is 5.10 Å². The molecular formula is C13H19N3O2. The quantitative estimate of drug-likeness (QED) is 0.740. The molecule has 0 aliphatic carbocycles. The molecule has 0 aliphatic heterocycles. The molecule has 2 aromatic rings. The van der Waals surface area contributed by atoms with Gasteiger partial charge in [0, 0.05) is 23.9 Å². The third-order valence-corrected chi connectivity index (χ3v) is 2.61. The summed E-state index contributed by atoms with van der Waals surface area (Å²) >= 11 is 0. The zero-order valence-corrected chi connectivity index (χ0v) is 10.8. The molecule has 0 saturated heterocycles. The van der Waals surface area contributed by atoms with Crippen LogP contribution in [0.3, 0.4) is 0 Å². The number of aryl methyl sites for hydroxylation is 1. The average molecular weight is 249 g/mol. The van der Waals surface area contributed by atoms with Crippen LogP contribution in [0.25, 0.3) is 0 Å². The molecule has 0 aromatic carbocycles. The second kappa shape index (κ2) is 6.26. The second-order valence-corrected chi connectivity index (χ2v) is 4.22. The molecule has 0 bridgehead atoms. The van der Waals surface area contributed by atoms with E-state index in [1.165, 1.54) is 0 Å². The SMILES string of the molecule is CCCNCc1ccoc1COc1cc(C)[nH]n1. The number of rotatable bonds is 7. The van der Waals surface area contributed by atoms with E-state index < -0.39 is 0 Å². The predicted molar refractivity (Wildman–Crippen MR) is 68.4 cm³/mol. The minimum Gasteiger partial charge on any atom is -0.468 e. The summed E-state index contributed by atoms with van der Waals surface area (Å²) in [6, 6.07) is 3.83. The van der Waals surface area contributed by atoms with Gasteiger partial charge < -0.3 is 14.5 Å². The first-order chi connectivity index (χ1) is 8.79. The lowest BCUT2D eigenvalue weighted by molar-refractivity contribution is 0.258. The molecule has 0 unspecified atom stereocenters. The monoisotopic (exact) mass is 249 g/mol. The van der Waals surface area contributed by atoms with Crippen molar-refractivity contribution in [3.63, 3.8) is 0 Å². The molecule has 0 amide bonds. The highest BCUT2D eigenvalue weighted by Gasteiger charge is 2.07. The summed E-state index contributed by atoms with van der Waals surface area (Å²) in [5, 5.41) is 10.2. The summed E-state index contributed by atoms with van der Waals surface area (Å²) in [5.41, 5.74) is 2.12. The summed E-state index contributed by atoms with van der Waals surface area (Å²) < 4.78 is 11.0. The van der Waals surface area contributed by atoms with Crippen molar-refractivity contribution in [2.24, 2.45) is 0 Å². The number of nitrogens with zero attached hydrogens (tertiary/aromatic N) is 1. The number of nitrogens with one attached hydrogen (secondary N) is 2. The molecule has 5 nitrogen and oxygen atoms in total. The Morgan fingerprint density at radius 3 is 3.11 bits per heavy atom. The lowest BCUT2D eigenvalue weighted by atomic mass is 10.2. The number of furan rings is 1. The molecule has 0 spiro atoms. The first kappa shape index (κ1) is 12.7. The van der Waals surface area contributed by atoms with E-state index in [-0.39, 0.29) is 0 Å². The molecule has 2 N–H and O–H groups in total. The molecule has 18 heavy (non-hydrogen) atoms. The first-order valence-corrected chi connectivity index (χ1v) is 6.20. The van der Waals surface area contributed by atoms with E-state index >= 15 is 0 Å². The van der Waals surface area contributed by atoms with Gasteiger partial charge in [0.15, 0.2) is 0 Å². The molecular weight excluding hydrogens is 230 g/mol. The van der Waals surface area contributed by atoms with Crippen molar-refractivity contribution in [3.8, 4) is 5.88 Å². The molecule has 5 heteroatoms. The number of hydrogen-bond donors (Lipinski definition) is 2. The summed E-state index contributed by atoms with van der Waals surface area (Å²) in [4.78, 5) is 0. The molecule has 98 valence electrons. The van der Waals surface area contributed by atoms with Gasteiger partial charge in [-0.15, -0.1) is 5.10 Å². The Bertz CT molecular complexity index is 476. The van der Waals surface area contributed by atoms with Gasteiger partial charge in [0.25, 0.3) is 0 Å². The van der Waals surface area contributed by atoms with Gasteiger partial charge in [0.1, 0.15) is 12.4 Å². The van der Waals surface area contributed by atoms with E-state index in [4.69, 9.17) is 9.15 Å². The Kier molecular flexibility index (Phi) is 4.41. The lowest BCUT2D eigenvalue weighted by Gasteiger charge is -2.04. The Morgan fingerprint density at radius 1 is 1.50 bits per heavy atom. The summed E-state index contributed by atoms with van der Waals surface area (Å²) in [5.74, 6) is 1.44. The highest BCUT2D eigenvalue weighted by molar-refractivity contribution is 5.18. The van der Waals surface area contributed by atoms with E-state index in [1.807, 2.05) is 19.1 Å². The van der Waals surface area contributed by atoms with Crippen LogP contribution < -0.4 is 10.1 Å². The van der Waals surface area contributed by atoms with Gasteiger partial charge in [0.2, 0.25) is 5.88 Å². The summed E-state index contributed by atoms with van der Waals surface area (Å²) in [6.45, 7) is 6.30. The normalized spacial score (nSPS) is 10.8. The number of H-pyrrole nitrogens is 1. The smallest absolute Gasteiger partial charge is 0.233 e. The van der Waals surface area contributed by atoms with Gasteiger partial charge >= 0.3 is 0 Å². The minimum absolute atomic E-state index is 0.403. The molecule has 0 fully saturated rings. The van der Waals surface area contributed by atoms with Crippen LogP contribution in [0.4, 0.5) is 0 Å². The van der Waals surface area contributed by atoms with E-state index in [0.29, 0.717) is 12.5 Å². The van der Waals surface area contributed by atoms with Crippen LogP contribution in [0.2, 0.25) is 0 Å². The van der Waals surface area contributed by atoms with Crippen LogP contribution in [0.1, 0.15) is 30.4 Å². The van der Waals surface area contributed by atoms with Crippen molar-refractivity contribution in [1.82, 2.24) is 15.5 Å². The zero-order valence-electron chi connectivity index (χ0n) is 10.8. The maximum atomic E-state index is 5.55. The maximum Gasteiger partial charge on any atom is 0.233 e. The number of ether oxygens (including phenoxy) is 1. The average Bonchev–Trinajstić information content (AvgIpc) is 2.96. The van der Waals surface area contributed by atoms with Crippen LogP contribution in [0, 0.1) is 6.92 Å². The Labute approximate surface area is 107 Å². The van der Waals surface area contributed by atoms with E-state index in [9.17, 15) is 0 Å². The summed E-state index contributed by atoms with van der Waals surface area (Å²) in [6.07, 6.45) is 2.81. The fourth-order valence-corrected chi connectivity index (χ4v) is 1.66. The number of aromatic nitrogens is 2. The van der Waals surface area contributed by atoms with E-state index in [2.05, 4.69) is 22.4 Å². The first-order valence-electron chi connectivity index (χ1n) is 6.20. The van der Waals surface area contributed by atoms with Gasteiger partial charge in [-0.1, -0.05) is 6.92 Å². The molecule has 2 heterocycles. The van der Waals surface area contributed by atoms with Crippen molar-refractivity contribution in [2.75, 3.05) is 6.54 Å². The second-order valence-electron chi connectivity index (χ2n) is 4.22. The number of hydrogen-bond acceptors (Lipinski definition) is 4. The van der Waals surface area contributed by atoms with Crippen molar-refractivity contribution < 1.29 is 9.15 Å². The molecule has 0 atom stereocenters. The van der Waals surface area contributed by atoms with E-state index in [1.54, 1.807) is 6.26 Å². The van der Waals surface area contributed by atoms with Crippen molar-refractivity contribution in [1.29, 1.82) is 0 Å². The highest BCUT2D eigenvalue weighted by Crippen LogP contribution is 2.14. The van der Waals surface area contributed by atoms with Gasteiger partial charge in [-0.25, -0.2) is 0 Å². The standard InChI is InChI=1S/C13H19N3O2/c1-3-5-14-8-11-4-6-17-12(11)9-18-13-7-10(2)15-16-13/h4,6-7,14H,3,5,8-9H2,1-2H3,(H,15,16). The number of aromatic amines is 1. The van der Waals surface area contributed by atoms with Crippen LogP contribution in [-0.2, 0) is 13.2 Å². The zero-order chi connectivity index (χ0) is 12.8. The largest absolute Gasteiger partial charge is 0.468 e. The molecule has 0 saturated carbocycles. The third-order valence-electron chi connectivity index (χ3n) is 2.61.